The van der Waals surface area contributed by atoms with E-state index in [-0.39, 0.29) is 41.4 Å². The van der Waals surface area contributed by atoms with Crippen LogP contribution < -0.4 is 21.3 Å². The monoisotopic (exact) mass is 504 g/mol. The first-order valence-electron chi connectivity index (χ1n) is 9.34. The van der Waals surface area contributed by atoms with Crippen molar-refractivity contribution >= 4 is 41.7 Å². The molecule has 28 heavy (non-hydrogen) atoms. The number of pyridine rings is 1. The molecule has 1 aromatic heterocycles. The maximum atomic E-state index is 11.6. The van der Waals surface area contributed by atoms with Crippen LogP contribution in [0.2, 0.25) is 0 Å². The van der Waals surface area contributed by atoms with Gasteiger partial charge in [-0.2, -0.15) is 0 Å². The van der Waals surface area contributed by atoms with Crippen LogP contribution in [0.5, 0.6) is 0 Å². The van der Waals surface area contributed by atoms with Crippen LogP contribution >= 0.6 is 24.0 Å². The minimum atomic E-state index is -0.283. The lowest BCUT2D eigenvalue weighted by Gasteiger charge is -2.33. The zero-order valence-corrected chi connectivity index (χ0v) is 19.5. The number of anilines is 1. The number of nitrogens with one attached hydrogen (secondary N) is 2. The molecule has 0 aromatic carbocycles. The zero-order valence-electron chi connectivity index (χ0n) is 17.2. The van der Waals surface area contributed by atoms with Crippen molar-refractivity contribution in [2.24, 2.45) is 16.6 Å². The quantitative estimate of drug-likeness (QED) is 0.295. The van der Waals surface area contributed by atoms with E-state index in [2.05, 4.69) is 25.5 Å². The maximum absolute atomic E-state index is 11.6. The van der Waals surface area contributed by atoms with Crippen LogP contribution in [0, 0.1) is 5.92 Å². The second-order valence-corrected chi connectivity index (χ2v) is 7.42. The summed E-state index contributed by atoms with van der Waals surface area (Å²) in [4.78, 5) is 22.5. The molecule has 0 spiro atoms. The molecule has 1 unspecified atom stereocenters. The van der Waals surface area contributed by atoms with E-state index in [4.69, 9.17) is 10.5 Å². The van der Waals surface area contributed by atoms with E-state index in [9.17, 15) is 4.79 Å². The molecule has 4 N–H and O–H groups in total. The smallest absolute Gasteiger partial charge is 0.222 e. The molecular weight excluding hydrogens is 471 g/mol. The maximum Gasteiger partial charge on any atom is 0.222 e. The Labute approximate surface area is 184 Å². The first-order chi connectivity index (χ1) is 12.9. The average molecular weight is 504 g/mol. The van der Waals surface area contributed by atoms with E-state index >= 15 is 0 Å². The topological polar surface area (TPSA) is 105 Å². The summed E-state index contributed by atoms with van der Waals surface area (Å²) >= 11 is 0. The first-order valence-corrected chi connectivity index (χ1v) is 9.34. The number of halogens is 1. The average Bonchev–Trinajstić information content (AvgIpc) is 2.68. The van der Waals surface area contributed by atoms with Crippen LogP contribution in [0.1, 0.15) is 32.3 Å². The van der Waals surface area contributed by atoms with E-state index in [1.165, 1.54) is 0 Å². The normalized spacial score (nSPS) is 17.6. The molecule has 1 aliphatic heterocycles. The summed E-state index contributed by atoms with van der Waals surface area (Å²) in [6.45, 7) is 6.73. The van der Waals surface area contributed by atoms with Gasteiger partial charge in [0.25, 0.3) is 0 Å². The van der Waals surface area contributed by atoms with Crippen molar-refractivity contribution < 1.29 is 9.53 Å². The summed E-state index contributed by atoms with van der Waals surface area (Å²) in [7, 11) is 3.43. The predicted molar refractivity (Wildman–Crippen MR) is 123 cm³/mol. The molecule has 2 heterocycles. The van der Waals surface area contributed by atoms with Crippen molar-refractivity contribution in [2.45, 2.75) is 38.8 Å². The Morgan fingerprint density at radius 2 is 2.21 bits per heavy atom. The molecule has 0 radical (unpaired) electrons. The van der Waals surface area contributed by atoms with Gasteiger partial charge in [-0.25, -0.2) is 4.98 Å². The molecule has 1 atom stereocenters. The fraction of sp³-hybridized carbons (Fsp3) is 0.632. The van der Waals surface area contributed by atoms with Gasteiger partial charge in [-0.15, -0.1) is 24.0 Å². The predicted octanol–water partition coefficient (Wildman–Crippen LogP) is 1.49. The highest BCUT2D eigenvalue weighted by Gasteiger charge is 2.26. The number of rotatable bonds is 7. The van der Waals surface area contributed by atoms with Crippen LogP contribution in [-0.2, 0) is 16.1 Å². The van der Waals surface area contributed by atoms with E-state index < -0.39 is 0 Å². The lowest BCUT2D eigenvalue weighted by molar-refractivity contribution is -0.122. The van der Waals surface area contributed by atoms with Gasteiger partial charge in [0, 0.05) is 52.1 Å². The van der Waals surface area contributed by atoms with Gasteiger partial charge >= 0.3 is 0 Å². The Kier molecular flexibility index (Phi) is 9.94. The molecule has 1 saturated heterocycles. The largest absolute Gasteiger partial charge is 0.377 e. The number of hydrogen-bond donors (Lipinski definition) is 3. The number of carbonyl (C=O) groups excluding carboxylic acids is 1. The van der Waals surface area contributed by atoms with Gasteiger partial charge in [0.2, 0.25) is 5.91 Å². The summed E-state index contributed by atoms with van der Waals surface area (Å²) in [5.74, 6) is 1.24. The van der Waals surface area contributed by atoms with Crippen molar-refractivity contribution in [3.63, 3.8) is 0 Å². The highest BCUT2D eigenvalue weighted by Crippen LogP contribution is 2.24. The highest BCUT2D eigenvalue weighted by molar-refractivity contribution is 14.0. The minimum absolute atomic E-state index is 0. The molecule has 8 nitrogen and oxygen atoms in total. The lowest BCUT2D eigenvalue weighted by Crippen LogP contribution is -2.45. The third-order valence-electron chi connectivity index (χ3n) is 4.89. The third kappa shape index (κ3) is 7.08. The number of nitrogens with zero attached hydrogens (tertiary/aromatic N) is 3. The number of aliphatic imine (C=N–C) groups is 1. The Morgan fingerprint density at radius 1 is 1.46 bits per heavy atom. The molecule has 1 amide bonds. The van der Waals surface area contributed by atoms with Gasteiger partial charge in [0.1, 0.15) is 5.82 Å². The summed E-state index contributed by atoms with van der Waals surface area (Å²) in [5.41, 5.74) is 6.28. The summed E-state index contributed by atoms with van der Waals surface area (Å²) < 4.78 is 5.42. The van der Waals surface area contributed by atoms with E-state index in [0.29, 0.717) is 25.6 Å². The number of amides is 1. The Morgan fingerprint density at radius 3 is 2.86 bits per heavy atom. The summed E-state index contributed by atoms with van der Waals surface area (Å²) in [6, 6.07) is 3.95. The molecule has 1 aliphatic rings. The fourth-order valence-electron chi connectivity index (χ4n) is 3.02. The summed E-state index contributed by atoms with van der Waals surface area (Å²) in [5, 5.41) is 6.59. The highest BCUT2D eigenvalue weighted by atomic mass is 127. The number of guanidine groups is 1. The van der Waals surface area contributed by atoms with Crippen LogP contribution in [0.15, 0.2) is 23.3 Å². The van der Waals surface area contributed by atoms with Crippen molar-refractivity contribution in [1.29, 1.82) is 0 Å². The zero-order chi connectivity index (χ0) is 19.9. The van der Waals surface area contributed by atoms with Crippen molar-refractivity contribution in [2.75, 3.05) is 38.7 Å². The van der Waals surface area contributed by atoms with Crippen molar-refractivity contribution in [3.05, 3.63) is 23.9 Å². The molecule has 2 rings (SSSR count). The Hall–Kier alpha value is -1.62. The number of primary amides is 1. The third-order valence-corrected chi connectivity index (χ3v) is 4.89. The molecule has 158 valence electrons. The molecule has 0 bridgehead atoms. The van der Waals surface area contributed by atoms with E-state index in [0.717, 1.165) is 30.8 Å². The molecule has 9 heteroatoms. The van der Waals surface area contributed by atoms with Crippen molar-refractivity contribution in [1.82, 2.24) is 15.6 Å². The number of hydrogen-bond acceptors (Lipinski definition) is 5. The van der Waals surface area contributed by atoms with Gasteiger partial charge in [-0.05, 0) is 32.8 Å². The van der Waals surface area contributed by atoms with Crippen molar-refractivity contribution in [3.8, 4) is 0 Å². The number of methoxy groups -OCH3 is 1. The number of ether oxygens (including phenoxy) is 1. The van der Waals surface area contributed by atoms with Crippen LogP contribution in [0.4, 0.5) is 5.82 Å². The first kappa shape index (κ1) is 24.4. The number of piperidine rings is 1. The Balaban J connectivity index is 0.00000392. The van der Waals surface area contributed by atoms with E-state index in [1.54, 1.807) is 20.4 Å². The number of nitrogens with two attached hydrogens (primary N) is 1. The van der Waals surface area contributed by atoms with Gasteiger partial charge in [-0.1, -0.05) is 6.07 Å². The minimum Gasteiger partial charge on any atom is -0.377 e. The van der Waals surface area contributed by atoms with Gasteiger partial charge < -0.3 is 26.0 Å². The molecule has 0 aliphatic carbocycles. The second-order valence-electron chi connectivity index (χ2n) is 7.42. The van der Waals surface area contributed by atoms with Crippen LogP contribution in [0.25, 0.3) is 0 Å². The summed E-state index contributed by atoms with van der Waals surface area (Å²) in [6.07, 6.45) is 3.56. The fourth-order valence-corrected chi connectivity index (χ4v) is 3.02. The molecule has 0 saturated carbocycles. The lowest BCUT2D eigenvalue weighted by atomic mass is 9.97. The number of carbonyl (C=O) groups is 1. The molecule has 1 aromatic rings. The van der Waals surface area contributed by atoms with Gasteiger partial charge in [0.15, 0.2) is 5.96 Å². The number of aromatic nitrogens is 1. The standard InChI is InChI=1S/C19H32N6O2.HI/c1-19(2,27-4)13-24-18(21-3)23-11-14-7-5-9-22-17(14)25-10-6-8-15(12-25)16(20)26;/h5,7,9,15H,6,8,10-13H2,1-4H3,(H2,20,26)(H2,21,23,24);1H. The van der Waals surface area contributed by atoms with Crippen LogP contribution in [0.3, 0.4) is 0 Å². The molecule has 1 fully saturated rings. The van der Waals surface area contributed by atoms with Crippen LogP contribution in [-0.4, -0.2) is 56.2 Å². The second kappa shape index (κ2) is 11.4. The van der Waals surface area contributed by atoms with E-state index in [1.807, 2.05) is 26.0 Å². The van der Waals surface area contributed by atoms with Gasteiger partial charge in [0.05, 0.1) is 11.5 Å². The molecular formula is C19H33IN6O2. The SMILES string of the molecule is CN=C(NCc1cccnc1N1CCCC(C(N)=O)C1)NCC(C)(C)OC.I. The Bertz CT molecular complexity index is 668. The van der Waals surface area contributed by atoms with Gasteiger partial charge in [-0.3, -0.25) is 9.79 Å².